The Morgan fingerprint density at radius 3 is 2.70 bits per heavy atom. The molecular weight excluding hydrogens is 312 g/mol. The molecule has 0 aliphatic carbocycles. The largest absolute Gasteiger partial charge is 0.496 e. The lowest BCUT2D eigenvalue weighted by Gasteiger charge is -2.33. The van der Waals surface area contributed by atoms with Crippen LogP contribution in [0, 0.1) is 6.92 Å². The maximum atomic E-state index is 10.6. The highest BCUT2D eigenvalue weighted by Gasteiger charge is 2.29. The molecule has 124 valence electrons. The first kappa shape index (κ1) is 16.2. The van der Waals surface area contributed by atoms with Crippen LogP contribution in [0.5, 0.6) is 11.5 Å². The summed E-state index contributed by atoms with van der Waals surface area (Å²) in [6.45, 7) is 4.29. The number of nitrogens with zero attached hydrogens (tertiary/aromatic N) is 2. The maximum Gasteiger partial charge on any atom is 0.125 e. The maximum absolute atomic E-state index is 10.6. The summed E-state index contributed by atoms with van der Waals surface area (Å²) in [5, 5.41) is 10.6. The van der Waals surface area contributed by atoms with Crippen LogP contribution in [-0.2, 0) is 13.0 Å². The predicted octanol–water partition coefficient (Wildman–Crippen LogP) is 2.56. The fourth-order valence-corrected chi connectivity index (χ4v) is 3.91. The summed E-state index contributed by atoms with van der Waals surface area (Å²) < 4.78 is 10.9. The Morgan fingerprint density at radius 1 is 1.30 bits per heavy atom. The number of thiazole rings is 1. The smallest absolute Gasteiger partial charge is 0.125 e. The SMILES string of the molecule is COc1ccc(OC)c2c1CN(CCc1scnc1C)C[C@@H]2O. The van der Waals surface area contributed by atoms with Crippen molar-refractivity contribution in [3.63, 3.8) is 0 Å². The third kappa shape index (κ3) is 3.20. The van der Waals surface area contributed by atoms with E-state index in [4.69, 9.17) is 9.47 Å². The van der Waals surface area contributed by atoms with Crippen LogP contribution in [-0.4, -0.2) is 42.3 Å². The number of β-amino-alcohol motifs (C(OH)–C–C–N with tert-alkyl or cyclic N) is 1. The monoisotopic (exact) mass is 334 g/mol. The summed E-state index contributed by atoms with van der Waals surface area (Å²) in [6.07, 6.45) is 0.386. The van der Waals surface area contributed by atoms with Crippen molar-refractivity contribution < 1.29 is 14.6 Å². The Hall–Kier alpha value is -1.63. The number of ether oxygens (including phenoxy) is 2. The second-order valence-corrected chi connectivity index (χ2v) is 6.66. The van der Waals surface area contributed by atoms with Crippen molar-refractivity contribution in [3.8, 4) is 11.5 Å². The molecule has 0 saturated carbocycles. The molecule has 0 spiro atoms. The van der Waals surface area contributed by atoms with E-state index in [9.17, 15) is 5.11 Å². The quantitative estimate of drug-likeness (QED) is 0.911. The summed E-state index contributed by atoms with van der Waals surface area (Å²) in [5.74, 6) is 1.53. The molecule has 0 fully saturated rings. The van der Waals surface area contributed by atoms with E-state index in [2.05, 4.69) is 9.88 Å². The van der Waals surface area contributed by atoms with Gasteiger partial charge < -0.3 is 14.6 Å². The topological polar surface area (TPSA) is 54.8 Å². The van der Waals surface area contributed by atoms with Gasteiger partial charge in [0, 0.05) is 35.6 Å². The zero-order chi connectivity index (χ0) is 16.4. The number of hydrogen-bond acceptors (Lipinski definition) is 6. The first-order valence-electron chi connectivity index (χ1n) is 7.67. The molecule has 0 bridgehead atoms. The third-order valence-electron chi connectivity index (χ3n) is 4.36. The number of rotatable bonds is 5. The number of aromatic nitrogens is 1. The zero-order valence-corrected chi connectivity index (χ0v) is 14.5. The molecule has 6 heteroatoms. The number of fused-ring (bicyclic) bond motifs is 1. The van der Waals surface area contributed by atoms with Crippen LogP contribution in [0.4, 0.5) is 0 Å². The van der Waals surface area contributed by atoms with Gasteiger partial charge in [-0.3, -0.25) is 4.90 Å². The molecule has 5 nitrogen and oxygen atoms in total. The fraction of sp³-hybridized carbons (Fsp3) is 0.471. The fourth-order valence-electron chi connectivity index (χ4n) is 3.14. The van der Waals surface area contributed by atoms with Crippen LogP contribution in [0.25, 0.3) is 0 Å². The Bertz CT molecular complexity index is 686. The highest BCUT2D eigenvalue weighted by atomic mass is 32.1. The Morgan fingerprint density at radius 2 is 2.04 bits per heavy atom. The van der Waals surface area contributed by atoms with Gasteiger partial charge in [0.15, 0.2) is 0 Å². The number of aliphatic hydroxyl groups excluding tert-OH is 1. The first-order chi connectivity index (χ1) is 11.1. The Kier molecular flexibility index (Phi) is 4.84. The molecular formula is C17H22N2O3S. The van der Waals surface area contributed by atoms with Crippen molar-refractivity contribution >= 4 is 11.3 Å². The van der Waals surface area contributed by atoms with E-state index in [1.807, 2.05) is 24.6 Å². The van der Waals surface area contributed by atoms with Crippen LogP contribution in [0.3, 0.4) is 0 Å². The molecule has 0 radical (unpaired) electrons. The van der Waals surface area contributed by atoms with Crippen LogP contribution in [0.2, 0.25) is 0 Å². The molecule has 1 aliphatic rings. The van der Waals surface area contributed by atoms with Gasteiger partial charge in [-0.1, -0.05) is 0 Å². The zero-order valence-electron chi connectivity index (χ0n) is 13.7. The summed E-state index contributed by atoms with van der Waals surface area (Å²) >= 11 is 1.69. The summed E-state index contributed by atoms with van der Waals surface area (Å²) in [4.78, 5) is 7.86. The van der Waals surface area contributed by atoms with Crippen LogP contribution in [0.1, 0.15) is 27.8 Å². The van der Waals surface area contributed by atoms with Gasteiger partial charge in [0.2, 0.25) is 0 Å². The van der Waals surface area contributed by atoms with Gasteiger partial charge in [-0.2, -0.15) is 0 Å². The average Bonchev–Trinajstić information content (AvgIpc) is 2.97. The lowest BCUT2D eigenvalue weighted by Crippen LogP contribution is -2.35. The van der Waals surface area contributed by atoms with Crippen LogP contribution >= 0.6 is 11.3 Å². The minimum atomic E-state index is -0.564. The van der Waals surface area contributed by atoms with Crippen molar-refractivity contribution in [1.82, 2.24) is 9.88 Å². The van der Waals surface area contributed by atoms with E-state index < -0.39 is 6.10 Å². The van der Waals surface area contributed by atoms with Gasteiger partial charge in [0.05, 0.1) is 31.5 Å². The van der Waals surface area contributed by atoms with E-state index in [-0.39, 0.29) is 0 Å². The molecule has 23 heavy (non-hydrogen) atoms. The number of aryl methyl sites for hydroxylation is 1. The third-order valence-corrected chi connectivity index (χ3v) is 5.35. The number of methoxy groups -OCH3 is 2. The lowest BCUT2D eigenvalue weighted by molar-refractivity contribution is 0.0892. The molecule has 0 unspecified atom stereocenters. The average molecular weight is 334 g/mol. The number of benzene rings is 1. The number of hydrogen-bond donors (Lipinski definition) is 1. The van der Waals surface area contributed by atoms with Gasteiger partial charge in [-0.05, 0) is 25.5 Å². The van der Waals surface area contributed by atoms with Gasteiger partial charge >= 0.3 is 0 Å². The molecule has 1 aliphatic heterocycles. The summed E-state index contributed by atoms with van der Waals surface area (Å²) in [7, 11) is 3.29. The summed E-state index contributed by atoms with van der Waals surface area (Å²) in [5.41, 5.74) is 4.87. The normalized spacial score (nSPS) is 17.8. The van der Waals surface area contributed by atoms with E-state index in [0.29, 0.717) is 6.54 Å². The lowest BCUT2D eigenvalue weighted by atomic mass is 9.95. The number of aliphatic hydroxyl groups is 1. The molecule has 1 aromatic carbocycles. The van der Waals surface area contributed by atoms with E-state index in [1.165, 1.54) is 4.88 Å². The van der Waals surface area contributed by atoms with Crippen molar-refractivity contribution in [2.24, 2.45) is 0 Å². The second kappa shape index (κ2) is 6.86. The minimum Gasteiger partial charge on any atom is -0.496 e. The van der Waals surface area contributed by atoms with Crippen molar-refractivity contribution in [1.29, 1.82) is 0 Å². The molecule has 0 amide bonds. The van der Waals surface area contributed by atoms with E-state index in [0.717, 1.165) is 47.8 Å². The van der Waals surface area contributed by atoms with Crippen molar-refractivity contribution in [3.05, 3.63) is 39.3 Å². The predicted molar refractivity (Wildman–Crippen MR) is 90.3 cm³/mol. The van der Waals surface area contributed by atoms with Crippen LogP contribution < -0.4 is 9.47 Å². The van der Waals surface area contributed by atoms with Gasteiger partial charge in [-0.15, -0.1) is 11.3 Å². The molecule has 1 atom stereocenters. The highest BCUT2D eigenvalue weighted by molar-refractivity contribution is 7.09. The molecule has 2 heterocycles. The Labute approximate surface area is 140 Å². The van der Waals surface area contributed by atoms with E-state index in [1.54, 1.807) is 25.6 Å². The van der Waals surface area contributed by atoms with Gasteiger partial charge in [0.25, 0.3) is 0 Å². The molecule has 1 aromatic heterocycles. The van der Waals surface area contributed by atoms with Gasteiger partial charge in [0.1, 0.15) is 11.5 Å². The van der Waals surface area contributed by atoms with Crippen LogP contribution in [0.15, 0.2) is 17.6 Å². The second-order valence-electron chi connectivity index (χ2n) is 5.72. The Balaban J connectivity index is 1.80. The van der Waals surface area contributed by atoms with E-state index >= 15 is 0 Å². The highest BCUT2D eigenvalue weighted by Crippen LogP contribution is 2.39. The minimum absolute atomic E-state index is 0.564. The standard InChI is InChI=1S/C17H22N2O3S/c1-11-16(23-10-18-11)6-7-19-8-12-14(21-2)4-5-15(22-3)17(12)13(20)9-19/h4-5,10,13,20H,6-9H2,1-3H3/t13-/m0/s1. The molecule has 1 N–H and O–H groups in total. The molecule has 0 saturated heterocycles. The van der Waals surface area contributed by atoms with Crippen molar-refractivity contribution in [2.45, 2.75) is 26.0 Å². The first-order valence-corrected chi connectivity index (χ1v) is 8.55. The summed E-state index contributed by atoms with van der Waals surface area (Å²) in [6, 6.07) is 3.76. The molecule has 3 rings (SSSR count). The molecule has 2 aromatic rings. The van der Waals surface area contributed by atoms with Crippen molar-refractivity contribution in [2.75, 3.05) is 27.3 Å². The van der Waals surface area contributed by atoms with Gasteiger partial charge in [-0.25, -0.2) is 4.98 Å².